The van der Waals surface area contributed by atoms with Crippen molar-refractivity contribution in [3.05, 3.63) is 0 Å². The van der Waals surface area contributed by atoms with E-state index in [1.54, 1.807) is 0 Å². The van der Waals surface area contributed by atoms with E-state index in [-0.39, 0.29) is 6.42 Å². The lowest BCUT2D eigenvalue weighted by Crippen LogP contribution is -2.11. The monoisotopic (exact) mass is 144 g/mol. The van der Waals surface area contributed by atoms with Gasteiger partial charge in [-0.25, -0.2) is 0 Å². The molecule has 2 unspecified atom stereocenters. The molecule has 48 valence electrons. The molecule has 0 radical (unpaired) electrons. The molecule has 0 aromatic rings. The number of hydrogen-bond acceptors (Lipinski definition) is 0. The fourth-order valence-electron chi connectivity index (χ4n) is 0.503. The zero-order valence-electron chi connectivity index (χ0n) is 3.87. The van der Waals surface area contributed by atoms with Crippen molar-refractivity contribution in [2.24, 2.45) is 5.92 Å². The van der Waals surface area contributed by atoms with Crippen LogP contribution in [0.4, 0.5) is 13.2 Å². The van der Waals surface area contributed by atoms with Gasteiger partial charge in [-0.15, -0.1) is 11.6 Å². The second-order valence-electron chi connectivity index (χ2n) is 1.90. The highest BCUT2D eigenvalue weighted by Crippen LogP contribution is 2.47. The lowest BCUT2D eigenvalue weighted by Gasteiger charge is -2.00. The normalized spacial score (nSPS) is 37.5. The Balaban J connectivity index is 2.39. The molecule has 0 amide bonds. The Morgan fingerprint density at radius 1 is 1.38 bits per heavy atom. The summed E-state index contributed by atoms with van der Waals surface area (Å²) in [6.45, 7) is 0. The molecule has 1 fully saturated rings. The molecule has 0 aliphatic heterocycles. The average Bonchev–Trinajstić information content (AvgIpc) is 2.13. The largest absolute Gasteiger partial charge is 0.393 e. The summed E-state index contributed by atoms with van der Waals surface area (Å²) in [6.07, 6.45) is -3.95. The van der Waals surface area contributed by atoms with Crippen LogP contribution in [0.15, 0.2) is 0 Å². The second kappa shape index (κ2) is 1.53. The van der Waals surface area contributed by atoms with Crippen LogP contribution in [0.2, 0.25) is 0 Å². The summed E-state index contributed by atoms with van der Waals surface area (Å²) in [5.74, 6) is -1.22. The van der Waals surface area contributed by atoms with Crippen LogP contribution < -0.4 is 0 Å². The second-order valence-corrected chi connectivity index (χ2v) is 2.46. The lowest BCUT2D eigenvalue weighted by atomic mass is 10.4. The Morgan fingerprint density at radius 2 is 1.75 bits per heavy atom. The molecule has 2 atom stereocenters. The van der Waals surface area contributed by atoms with Crippen molar-refractivity contribution in [2.75, 3.05) is 0 Å². The molecule has 4 heteroatoms. The van der Waals surface area contributed by atoms with Crippen molar-refractivity contribution >= 4 is 11.6 Å². The molecular formula is C4H4ClF3. The van der Waals surface area contributed by atoms with Crippen LogP contribution in [-0.4, -0.2) is 11.6 Å². The van der Waals surface area contributed by atoms with E-state index in [0.29, 0.717) is 0 Å². The Kier molecular flexibility index (Phi) is 1.19. The van der Waals surface area contributed by atoms with Crippen LogP contribution in [-0.2, 0) is 0 Å². The van der Waals surface area contributed by atoms with Crippen molar-refractivity contribution in [1.29, 1.82) is 0 Å². The van der Waals surface area contributed by atoms with Crippen molar-refractivity contribution in [2.45, 2.75) is 18.0 Å². The zero-order chi connectivity index (χ0) is 6.36. The Bertz CT molecular complexity index is 97.9. The fraction of sp³-hybridized carbons (Fsp3) is 1.00. The Hall–Kier alpha value is 0.0800. The van der Waals surface area contributed by atoms with Crippen LogP contribution in [0.3, 0.4) is 0 Å². The van der Waals surface area contributed by atoms with Crippen LogP contribution in [0.5, 0.6) is 0 Å². The summed E-state index contributed by atoms with van der Waals surface area (Å²) in [4.78, 5) is 0. The van der Waals surface area contributed by atoms with Gasteiger partial charge in [0, 0.05) is 5.38 Å². The molecule has 8 heavy (non-hydrogen) atoms. The fourth-order valence-corrected chi connectivity index (χ4v) is 0.838. The minimum absolute atomic E-state index is 0.102. The van der Waals surface area contributed by atoms with Crippen LogP contribution >= 0.6 is 11.6 Å². The summed E-state index contributed by atoms with van der Waals surface area (Å²) in [5.41, 5.74) is 0. The van der Waals surface area contributed by atoms with E-state index in [0.717, 1.165) is 0 Å². The molecule has 0 aromatic heterocycles. The highest BCUT2D eigenvalue weighted by Gasteiger charge is 2.54. The first-order valence-electron chi connectivity index (χ1n) is 2.22. The summed E-state index contributed by atoms with van der Waals surface area (Å²) in [7, 11) is 0. The number of halogens is 4. The first kappa shape index (κ1) is 6.20. The number of hydrogen-bond donors (Lipinski definition) is 0. The smallest absolute Gasteiger partial charge is 0.171 e. The summed E-state index contributed by atoms with van der Waals surface area (Å²) >= 11 is 5.12. The van der Waals surface area contributed by atoms with Crippen molar-refractivity contribution in [3.8, 4) is 0 Å². The van der Waals surface area contributed by atoms with Crippen molar-refractivity contribution < 1.29 is 13.2 Å². The SMILES string of the molecule is FC(F)(F)C1CC1Cl. The van der Waals surface area contributed by atoms with Gasteiger partial charge in [0.1, 0.15) is 0 Å². The van der Waals surface area contributed by atoms with Gasteiger partial charge >= 0.3 is 6.18 Å². The third-order valence-electron chi connectivity index (χ3n) is 1.13. The van der Waals surface area contributed by atoms with Gasteiger partial charge in [-0.2, -0.15) is 13.2 Å². The quantitative estimate of drug-likeness (QED) is 0.457. The Labute approximate surface area is 49.6 Å². The van der Waals surface area contributed by atoms with E-state index < -0.39 is 17.5 Å². The summed E-state index contributed by atoms with van der Waals surface area (Å²) in [6, 6.07) is 0. The molecule has 0 bridgehead atoms. The molecule has 0 N–H and O–H groups in total. The van der Waals surface area contributed by atoms with E-state index >= 15 is 0 Å². The van der Waals surface area contributed by atoms with Gasteiger partial charge < -0.3 is 0 Å². The summed E-state index contributed by atoms with van der Waals surface area (Å²) < 4.78 is 34.2. The minimum atomic E-state index is -4.05. The molecule has 1 aliphatic rings. The van der Waals surface area contributed by atoms with Crippen molar-refractivity contribution in [1.82, 2.24) is 0 Å². The predicted octanol–water partition coefficient (Wildman–Crippen LogP) is 2.18. The van der Waals surface area contributed by atoms with Gasteiger partial charge in [0.05, 0.1) is 5.92 Å². The third kappa shape index (κ3) is 1.08. The summed E-state index contributed by atoms with van der Waals surface area (Å²) in [5, 5.41) is -0.644. The maximum Gasteiger partial charge on any atom is 0.393 e. The highest BCUT2D eigenvalue weighted by molar-refractivity contribution is 6.22. The van der Waals surface area contributed by atoms with E-state index in [1.165, 1.54) is 0 Å². The third-order valence-corrected chi connectivity index (χ3v) is 1.62. The number of alkyl halides is 4. The standard InChI is InChI=1S/C4H4ClF3/c5-3-1-2(3)4(6,7)8/h2-3H,1H2. The van der Waals surface area contributed by atoms with Crippen molar-refractivity contribution in [3.63, 3.8) is 0 Å². The molecule has 0 nitrogen and oxygen atoms in total. The molecule has 0 aromatic carbocycles. The molecule has 1 aliphatic carbocycles. The molecule has 1 rings (SSSR count). The van der Waals surface area contributed by atoms with Crippen LogP contribution in [0.25, 0.3) is 0 Å². The minimum Gasteiger partial charge on any atom is -0.171 e. The molecule has 0 heterocycles. The topological polar surface area (TPSA) is 0 Å². The first-order chi connectivity index (χ1) is 3.52. The average molecular weight is 145 g/mol. The van der Waals surface area contributed by atoms with E-state index in [4.69, 9.17) is 11.6 Å². The van der Waals surface area contributed by atoms with Gasteiger partial charge in [-0.3, -0.25) is 0 Å². The van der Waals surface area contributed by atoms with E-state index in [9.17, 15) is 13.2 Å². The van der Waals surface area contributed by atoms with Gasteiger partial charge in [-0.1, -0.05) is 0 Å². The van der Waals surface area contributed by atoms with Crippen LogP contribution in [0.1, 0.15) is 6.42 Å². The number of rotatable bonds is 0. The predicted molar refractivity (Wildman–Crippen MR) is 23.8 cm³/mol. The van der Waals surface area contributed by atoms with Gasteiger partial charge in [0.15, 0.2) is 0 Å². The molecular weight excluding hydrogens is 140 g/mol. The highest BCUT2D eigenvalue weighted by atomic mass is 35.5. The zero-order valence-corrected chi connectivity index (χ0v) is 4.63. The maximum atomic E-state index is 11.4. The van der Waals surface area contributed by atoms with Gasteiger partial charge in [-0.05, 0) is 6.42 Å². The Morgan fingerprint density at radius 3 is 1.75 bits per heavy atom. The first-order valence-corrected chi connectivity index (χ1v) is 2.66. The molecule has 0 saturated heterocycles. The molecule has 0 spiro atoms. The van der Waals surface area contributed by atoms with E-state index in [1.807, 2.05) is 0 Å². The van der Waals surface area contributed by atoms with Gasteiger partial charge in [0.2, 0.25) is 0 Å². The molecule has 1 saturated carbocycles. The maximum absolute atomic E-state index is 11.4. The lowest BCUT2D eigenvalue weighted by molar-refractivity contribution is -0.146. The van der Waals surface area contributed by atoms with Gasteiger partial charge in [0.25, 0.3) is 0 Å². The van der Waals surface area contributed by atoms with Crippen LogP contribution in [0, 0.1) is 5.92 Å². The van der Waals surface area contributed by atoms with E-state index in [2.05, 4.69) is 0 Å².